The van der Waals surface area contributed by atoms with Gasteiger partial charge in [-0.3, -0.25) is 0 Å². The topological polar surface area (TPSA) is 12.0 Å². The summed E-state index contributed by atoms with van der Waals surface area (Å²) in [5, 5.41) is 7.47. The van der Waals surface area contributed by atoms with Crippen molar-refractivity contribution in [3.63, 3.8) is 0 Å². The summed E-state index contributed by atoms with van der Waals surface area (Å²) in [4.78, 5) is 0. The summed E-state index contributed by atoms with van der Waals surface area (Å²) in [5.74, 6) is 0.689. The summed E-state index contributed by atoms with van der Waals surface area (Å²) in [6.07, 6.45) is 3.60. The van der Waals surface area contributed by atoms with E-state index < -0.39 is 0 Å². The third-order valence-electron chi connectivity index (χ3n) is 3.89. The molecule has 0 aliphatic carbocycles. The lowest BCUT2D eigenvalue weighted by molar-refractivity contribution is 0.365. The highest BCUT2D eigenvalue weighted by Crippen LogP contribution is 2.28. The first kappa shape index (κ1) is 14.5. The summed E-state index contributed by atoms with van der Waals surface area (Å²) >= 11 is 1.87. The van der Waals surface area contributed by atoms with Crippen LogP contribution in [-0.2, 0) is 6.42 Å². The molecule has 2 aromatic rings. The largest absolute Gasteiger partial charge is 0.314 e. The van der Waals surface area contributed by atoms with Crippen LogP contribution in [-0.4, -0.2) is 12.6 Å². The summed E-state index contributed by atoms with van der Waals surface area (Å²) in [6.45, 7) is 8.03. The second-order valence-corrected chi connectivity index (χ2v) is 6.32. The number of rotatable bonds is 7. The summed E-state index contributed by atoms with van der Waals surface area (Å²) in [6, 6.07) is 9.40. The average Bonchev–Trinajstić information content (AvgIpc) is 2.83. The molecule has 1 aromatic carbocycles. The van der Waals surface area contributed by atoms with Crippen LogP contribution >= 0.6 is 11.3 Å². The molecule has 0 radical (unpaired) electrons. The van der Waals surface area contributed by atoms with Crippen molar-refractivity contribution in [2.45, 2.75) is 46.1 Å². The minimum absolute atomic E-state index is 0.638. The molecule has 0 fully saturated rings. The quantitative estimate of drug-likeness (QED) is 0.761. The first-order valence-electron chi connectivity index (χ1n) is 7.44. The van der Waals surface area contributed by atoms with E-state index in [0.29, 0.717) is 12.0 Å². The van der Waals surface area contributed by atoms with Crippen LogP contribution in [0.1, 0.15) is 39.2 Å². The molecule has 0 spiro atoms. The van der Waals surface area contributed by atoms with Crippen LogP contribution in [0.15, 0.2) is 29.6 Å². The number of benzene rings is 1. The third-order valence-corrected chi connectivity index (χ3v) is 4.90. The SMILES string of the molecule is CCCNC(CC)C(C)Cc1csc2ccccc12. The fourth-order valence-corrected chi connectivity index (χ4v) is 3.73. The maximum atomic E-state index is 3.68. The smallest absolute Gasteiger partial charge is 0.0345 e. The Hall–Kier alpha value is -0.860. The van der Waals surface area contributed by atoms with Gasteiger partial charge < -0.3 is 5.32 Å². The Morgan fingerprint density at radius 2 is 2.00 bits per heavy atom. The van der Waals surface area contributed by atoms with Crippen LogP contribution in [0, 0.1) is 5.92 Å². The van der Waals surface area contributed by atoms with Gasteiger partial charge >= 0.3 is 0 Å². The van der Waals surface area contributed by atoms with Crippen molar-refractivity contribution in [1.29, 1.82) is 0 Å². The molecule has 0 bridgehead atoms. The molecule has 0 saturated heterocycles. The van der Waals surface area contributed by atoms with Crippen molar-refractivity contribution >= 4 is 21.4 Å². The van der Waals surface area contributed by atoms with E-state index in [2.05, 4.69) is 55.7 Å². The Bertz CT molecular complexity index is 503. The van der Waals surface area contributed by atoms with Crippen LogP contribution in [0.4, 0.5) is 0 Å². The van der Waals surface area contributed by atoms with Gasteiger partial charge in [-0.15, -0.1) is 11.3 Å². The highest BCUT2D eigenvalue weighted by atomic mass is 32.1. The van der Waals surface area contributed by atoms with Gasteiger partial charge in [-0.05, 0) is 54.1 Å². The van der Waals surface area contributed by atoms with E-state index in [1.54, 1.807) is 0 Å². The maximum absolute atomic E-state index is 3.68. The molecule has 1 heterocycles. The van der Waals surface area contributed by atoms with Crippen LogP contribution in [0.25, 0.3) is 10.1 Å². The number of thiophene rings is 1. The Kier molecular flexibility index (Phi) is 5.41. The molecule has 0 aliphatic heterocycles. The van der Waals surface area contributed by atoms with Crippen molar-refractivity contribution in [3.8, 4) is 0 Å². The van der Waals surface area contributed by atoms with Crippen LogP contribution in [0.5, 0.6) is 0 Å². The number of nitrogens with one attached hydrogen (secondary N) is 1. The van der Waals surface area contributed by atoms with Gasteiger partial charge in [0.1, 0.15) is 0 Å². The van der Waals surface area contributed by atoms with Crippen molar-refractivity contribution in [2.24, 2.45) is 5.92 Å². The zero-order valence-electron chi connectivity index (χ0n) is 12.3. The Balaban J connectivity index is 2.07. The van der Waals surface area contributed by atoms with Gasteiger partial charge in [-0.1, -0.05) is 39.0 Å². The van der Waals surface area contributed by atoms with Gasteiger partial charge in [-0.25, -0.2) is 0 Å². The molecular formula is C17H25NS. The monoisotopic (exact) mass is 275 g/mol. The third kappa shape index (κ3) is 3.58. The highest BCUT2D eigenvalue weighted by molar-refractivity contribution is 7.17. The van der Waals surface area contributed by atoms with E-state index in [1.807, 2.05) is 11.3 Å². The number of fused-ring (bicyclic) bond motifs is 1. The predicted molar refractivity (Wildman–Crippen MR) is 87.1 cm³/mol. The normalized spacial score (nSPS) is 14.7. The molecule has 0 amide bonds. The number of hydrogen-bond donors (Lipinski definition) is 1. The molecule has 2 heteroatoms. The summed E-state index contributed by atoms with van der Waals surface area (Å²) in [5.41, 5.74) is 1.52. The molecule has 2 unspecified atom stereocenters. The number of hydrogen-bond acceptors (Lipinski definition) is 2. The van der Waals surface area contributed by atoms with E-state index in [1.165, 1.54) is 34.9 Å². The fourth-order valence-electron chi connectivity index (χ4n) is 2.76. The van der Waals surface area contributed by atoms with E-state index in [0.717, 1.165) is 6.54 Å². The van der Waals surface area contributed by atoms with E-state index in [-0.39, 0.29) is 0 Å². The van der Waals surface area contributed by atoms with Gasteiger partial charge in [0.25, 0.3) is 0 Å². The molecule has 19 heavy (non-hydrogen) atoms. The molecule has 1 aromatic heterocycles. The molecule has 2 atom stereocenters. The first-order chi connectivity index (χ1) is 9.26. The summed E-state index contributed by atoms with van der Waals surface area (Å²) < 4.78 is 1.42. The van der Waals surface area contributed by atoms with Crippen LogP contribution in [0.3, 0.4) is 0 Å². The zero-order chi connectivity index (χ0) is 13.7. The molecular weight excluding hydrogens is 250 g/mol. The van der Waals surface area contributed by atoms with Crippen molar-refractivity contribution in [2.75, 3.05) is 6.54 Å². The molecule has 0 saturated carbocycles. The minimum atomic E-state index is 0.638. The van der Waals surface area contributed by atoms with Gasteiger partial charge in [0.2, 0.25) is 0 Å². The van der Waals surface area contributed by atoms with Crippen molar-refractivity contribution < 1.29 is 0 Å². The predicted octanol–water partition coefficient (Wildman–Crippen LogP) is 4.86. The van der Waals surface area contributed by atoms with Crippen LogP contribution < -0.4 is 5.32 Å². The molecule has 2 rings (SSSR count). The van der Waals surface area contributed by atoms with Crippen molar-refractivity contribution in [3.05, 3.63) is 35.2 Å². The van der Waals surface area contributed by atoms with E-state index in [4.69, 9.17) is 0 Å². The lowest BCUT2D eigenvalue weighted by atomic mass is 9.92. The van der Waals surface area contributed by atoms with Gasteiger partial charge in [-0.2, -0.15) is 0 Å². The van der Waals surface area contributed by atoms with Gasteiger partial charge in [0, 0.05) is 10.7 Å². The minimum Gasteiger partial charge on any atom is -0.314 e. The fraction of sp³-hybridized carbons (Fsp3) is 0.529. The van der Waals surface area contributed by atoms with Gasteiger partial charge in [0.05, 0.1) is 0 Å². The zero-order valence-corrected chi connectivity index (χ0v) is 13.1. The van der Waals surface area contributed by atoms with Gasteiger partial charge in [0.15, 0.2) is 0 Å². The van der Waals surface area contributed by atoms with Crippen molar-refractivity contribution in [1.82, 2.24) is 5.32 Å². The molecule has 104 valence electrons. The lowest BCUT2D eigenvalue weighted by Crippen LogP contribution is -2.35. The maximum Gasteiger partial charge on any atom is 0.0345 e. The standard InChI is InChI=1S/C17H25NS/c1-4-10-18-16(5-2)13(3)11-14-12-19-17-9-7-6-8-15(14)17/h6-9,12-13,16,18H,4-5,10-11H2,1-3H3. The first-order valence-corrected chi connectivity index (χ1v) is 8.32. The van der Waals surface area contributed by atoms with E-state index >= 15 is 0 Å². The Morgan fingerprint density at radius 1 is 1.21 bits per heavy atom. The molecule has 0 aliphatic rings. The second kappa shape index (κ2) is 7.06. The Morgan fingerprint density at radius 3 is 2.74 bits per heavy atom. The lowest BCUT2D eigenvalue weighted by Gasteiger charge is -2.24. The average molecular weight is 275 g/mol. The molecule has 1 N–H and O–H groups in total. The highest BCUT2D eigenvalue weighted by Gasteiger charge is 2.16. The second-order valence-electron chi connectivity index (χ2n) is 5.41. The van der Waals surface area contributed by atoms with Crippen LogP contribution in [0.2, 0.25) is 0 Å². The Labute approximate surface area is 121 Å². The summed E-state index contributed by atoms with van der Waals surface area (Å²) in [7, 11) is 0. The van der Waals surface area contributed by atoms with E-state index in [9.17, 15) is 0 Å². The molecule has 1 nitrogen and oxygen atoms in total.